The molecule has 0 saturated heterocycles. The largest absolute Gasteiger partial charge is 0.508 e. The first-order valence-electron chi connectivity index (χ1n) is 12.5. The maximum absolute atomic E-state index is 11.2. The molecule has 39 heavy (non-hydrogen) atoms. The molecule has 9 heteroatoms. The molecule has 6 rings (SSSR count). The molecule has 4 aromatic rings. The molecule has 0 aliphatic carbocycles. The summed E-state index contributed by atoms with van der Waals surface area (Å²) in [4.78, 5) is 0. The summed E-state index contributed by atoms with van der Waals surface area (Å²) < 4.78 is 12.6. The van der Waals surface area contributed by atoms with Gasteiger partial charge in [-0.15, -0.1) is 0 Å². The predicted molar refractivity (Wildman–Crippen MR) is 139 cm³/mol. The Bertz CT molecular complexity index is 1560. The first-order chi connectivity index (χ1) is 18.7. The second-order valence-corrected chi connectivity index (χ2v) is 9.90. The molecule has 0 unspecified atom stereocenters. The summed E-state index contributed by atoms with van der Waals surface area (Å²) in [5, 5.41) is 71.6. The van der Waals surface area contributed by atoms with Crippen molar-refractivity contribution in [2.45, 2.75) is 37.4 Å². The van der Waals surface area contributed by atoms with Gasteiger partial charge in [-0.1, -0.05) is 18.2 Å². The molecule has 200 valence electrons. The maximum Gasteiger partial charge on any atom is 0.200 e. The van der Waals surface area contributed by atoms with Crippen LogP contribution in [0.4, 0.5) is 0 Å². The van der Waals surface area contributed by atoms with Gasteiger partial charge >= 0.3 is 0 Å². The van der Waals surface area contributed by atoms with E-state index in [-0.39, 0.29) is 28.7 Å². The Morgan fingerprint density at radius 2 is 1.31 bits per heavy atom. The minimum absolute atomic E-state index is 0.0130. The molecule has 0 aromatic heterocycles. The van der Waals surface area contributed by atoms with Gasteiger partial charge < -0.3 is 45.2 Å². The minimum atomic E-state index is -0.651. The van der Waals surface area contributed by atoms with Gasteiger partial charge in [0.2, 0.25) is 0 Å². The third-order valence-corrected chi connectivity index (χ3v) is 7.46. The van der Waals surface area contributed by atoms with E-state index in [1.807, 2.05) is 0 Å². The molecule has 9 nitrogen and oxygen atoms in total. The van der Waals surface area contributed by atoms with E-state index in [4.69, 9.17) is 9.47 Å². The summed E-state index contributed by atoms with van der Waals surface area (Å²) in [6.07, 6.45) is 0.0282. The van der Waals surface area contributed by atoms with Crippen molar-refractivity contribution >= 4 is 0 Å². The van der Waals surface area contributed by atoms with Crippen LogP contribution in [0.3, 0.4) is 0 Å². The summed E-state index contributed by atoms with van der Waals surface area (Å²) in [5.74, 6) is -1.55. The average Bonchev–Trinajstić information content (AvgIpc) is 2.91. The first-order valence-corrected chi connectivity index (χ1v) is 12.5. The molecule has 2 aliphatic rings. The summed E-state index contributed by atoms with van der Waals surface area (Å²) in [5.41, 5.74) is 2.85. The van der Waals surface area contributed by atoms with Crippen LogP contribution in [0, 0.1) is 0 Å². The standard InChI is InChI=1S/C30H26O9/c31-16-3-1-14(2-4-16)26-12-20(18-6-5-17(32)11-27(18)38-26)28-22(34)13-21(33)19-7-8-25(39-30(19)28)15-9-23(35)29(37)24(36)10-15/h1-6,9-11,13,20,25-26,31-37H,7-8,12H2/t20-,25-,26-/m0/s1. The number of hydrogen-bond donors (Lipinski definition) is 7. The molecular formula is C30H26O9. The van der Waals surface area contributed by atoms with E-state index < -0.39 is 35.4 Å². The lowest BCUT2D eigenvalue weighted by Crippen LogP contribution is -2.22. The summed E-state index contributed by atoms with van der Waals surface area (Å²) in [6.45, 7) is 0. The molecular weight excluding hydrogens is 504 g/mol. The van der Waals surface area contributed by atoms with Gasteiger partial charge in [0.25, 0.3) is 0 Å². The maximum atomic E-state index is 11.2. The van der Waals surface area contributed by atoms with Crippen LogP contribution in [-0.4, -0.2) is 35.7 Å². The highest BCUT2D eigenvalue weighted by molar-refractivity contribution is 5.63. The fourth-order valence-corrected chi connectivity index (χ4v) is 5.55. The monoisotopic (exact) mass is 530 g/mol. The van der Waals surface area contributed by atoms with E-state index in [2.05, 4.69) is 0 Å². The Balaban J connectivity index is 1.47. The molecule has 0 fully saturated rings. The minimum Gasteiger partial charge on any atom is -0.508 e. The molecule has 2 heterocycles. The number of phenolic OH excluding ortho intramolecular Hbond substituents is 7. The fraction of sp³-hybridized carbons (Fsp3) is 0.200. The second-order valence-electron chi connectivity index (χ2n) is 9.90. The zero-order chi connectivity index (χ0) is 27.4. The van der Waals surface area contributed by atoms with Crippen molar-refractivity contribution in [3.05, 3.63) is 88.5 Å². The molecule has 0 spiro atoms. The highest BCUT2D eigenvalue weighted by Crippen LogP contribution is 2.55. The molecule has 0 radical (unpaired) electrons. The molecule has 0 bridgehead atoms. The van der Waals surface area contributed by atoms with Crippen LogP contribution in [0.5, 0.6) is 51.7 Å². The van der Waals surface area contributed by atoms with Gasteiger partial charge in [-0.2, -0.15) is 0 Å². The summed E-state index contributed by atoms with van der Waals surface area (Å²) in [7, 11) is 0. The summed E-state index contributed by atoms with van der Waals surface area (Å²) in [6, 6.07) is 15.3. The Morgan fingerprint density at radius 1 is 0.615 bits per heavy atom. The van der Waals surface area contributed by atoms with Crippen LogP contribution in [-0.2, 0) is 6.42 Å². The molecule has 2 aliphatic heterocycles. The Morgan fingerprint density at radius 3 is 2.03 bits per heavy atom. The van der Waals surface area contributed by atoms with Gasteiger partial charge in [-0.3, -0.25) is 0 Å². The fourth-order valence-electron chi connectivity index (χ4n) is 5.55. The van der Waals surface area contributed by atoms with Crippen molar-refractivity contribution in [3.8, 4) is 51.7 Å². The smallest absolute Gasteiger partial charge is 0.200 e. The van der Waals surface area contributed by atoms with Crippen LogP contribution >= 0.6 is 0 Å². The van der Waals surface area contributed by atoms with E-state index in [1.165, 1.54) is 30.3 Å². The lowest BCUT2D eigenvalue weighted by atomic mass is 9.80. The van der Waals surface area contributed by atoms with E-state index >= 15 is 0 Å². The lowest BCUT2D eigenvalue weighted by Gasteiger charge is -2.36. The lowest BCUT2D eigenvalue weighted by molar-refractivity contribution is 0.155. The quantitative estimate of drug-likeness (QED) is 0.173. The van der Waals surface area contributed by atoms with Crippen molar-refractivity contribution in [2.75, 3.05) is 0 Å². The number of fused-ring (bicyclic) bond motifs is 2. The van der Waals surface area contributed by atoms with Gasteiger partial charge in [0, 0.05) is 34.7 Å². The predicted octanol–water partition coefficient (Wildman–Crippen LogP) is 5.35. The van der Waals surface area contributed by atoms with Gasteiger partial charge in [0.05, 0.1) is 0 Å². The molecule has 3 atom stereocenters. The molecule has 0 saturated carbocycles. The van der Waals surface area contributed by atoms with Gasteiger partial charge in [0.15, 0.2) is 17.2 Å². The van der Waals surface area contributed by atoms with Crippen molar-refractivity contribution in [1.29, 1.82) is 0 Å². The third-order valence-electron chi connectivity index (χ3n) is 7.46. The van der Waals surface area contributed by atoms with Crippen LogP contribution in [0.15, 0.2) is 60.7 Å². The van der Waals surface area contributed by atoms with Gasteiger partial charge in [-0.25, -0.2) is 0 Å². The van der Waals surface area contributed by atoms with Crippen molar-refractivity contribution in [3.63, 3.8) is 0 Å². The summed E-state index contributed by atoms with van der Waals surface area (Å²) >= 11 is 0. The van der Waals surface area contributed by atoms with Crippen LogP contribution in [0.25, 0.3) is 0 Å². The van der Waals surface area contributed by atoms with Crippen molar-refractivity contribution in [1.82, 2.24) is 0 Å². The second kappa shape index (κ2) is 9.13. The molecule has 4 aromatic carbocycles. The van der Waals surface area contributed by atoms with E-state index in [1.54, 1.807) is 30.3 Å². The topological polar surface area (TPSA) is 160 Å². The Kier molecular flexibility index (Phi) is 5.71. The van der Waals surface area contributed by atoms with Crippen molar-refractivity contribution in [2.24, 2.45) is 0 Å². The Hall–Kier alpha value is -4.92. The Labute approximate surface area is 223 Å². The van der Waals surface area contributed by atoms with Crippen LogP contribution in [0.2, 0.25) is 0 Å². The zero-order valence-electron chi connectivity index (χ0n) is 20.6. The number of ether oxygens (including phenoxy) is 2. The third kappa shape index (κ3) is 4.21. The average molecular weight is 531 g/mol. The molecule has 7 N–H and O–H groups in total. The SMILES string of the molecule is Oc1ccc([C@@H]2C[C@H](c3c(O)cc(O)c4c3O[C@H](c3cc(O)c(O)c(O)c3)CC4)c3ccc(O)cc3O2)cc1. The number of phenols is 7. The highest BCUT2D eigenvalue weighted by atomic mass is 16.5. The first kappa shape index (κ1) is 24.4. The normalized spacial score (nSPS) is 19.8. The van der Waals surface area contributed by atoms with E-state index in [0.29, 0.717) is 47.3 Å². The highest BCUT2D eigenvalue weighted by Gasteiger charge is 2.38. The van der Waals surface area contributed by atoms with Gasteiger partial charge in [0.1, 0.15) is 46.7 Å². The number of hydrogen-bond acceptors (Lipinski definition) is 9. The number of aromatic hydroxyl groups is 7. The van der Waals surface area contributed by atoms with Gasteiger partial charge in [-0.05, 0) is 60.7 Å². The number of benzene rings is 4. The number of rotatable bonds is 3. The molecule has 0 amide bonds. The van der Waals surface area contributed by atoms with E-state index in [9.17, 15) is 35.7 Å². The van der Waals surface area contributed by atoms with Crippen LogP contribution in [0.1, 0.15) is 58.8 Å². The zero-order valence-corrected chi connectivity index (χ0v) is 20.6. The van der Waals surface area contributed by atoms with Crippen LogP contribution < -0.4 is 9.47 Å². The van der Waals surface area contributed by atoms with Crippen molar-refractivity contribution < 1.29 is 45.2 Å². The van der Waals surface area contributed by atoms with E-state index in [0.717, 1.165) is 5.56 Å².